The van der Waals surface area contributed by atoms with Crippen molar-refractivity contribution < 1.29 is 4.74 Å². The number of benzene rings is 1. The van der Waals surface area contributed by atoms with Crippen LogP contribution in [0, 0.1) is 0 Å². The van der Waals surface area contributed by atoms with Crippen LogP contribution in [-0.2, 0) is 20.0 Å². The topological polar surface area (TPSA) is 39.1 Å². The van der Waals surface area contributed by atoms with E-state index < -0.39 is 0 Å². The molecule has 0 radical (unpaired) electrons. The summed E-state index contributed by atoms with van der Waals surface area (Å²) in [7, 11) is 1.92. The van der Waals surface area contributed by atoms with Gasteiger partial charge in [-0.15, -0.1) is 0 Å². The molecule has 0 unspecified atom stereocenters. The summed E-state index contributed by atoms with van der Waals surface area (Å²) in [5.74, 6) is 1.92. The summed E-state index contributed by atoms with van der Waals surface area (Å²) in [6.45, 7) is 5.03. The number of aromatic nitrogens is 2. The zero-order valence-electron chi connectivity index (χ0n) is 11.6. The van der Waals surface area contributed by atoms with Crippen LogP contribution in [0.15, 0.2) is 30.5 Å². The van der Waals surface area contributed by atoms with Crippen molar-refractivity contribution in [1.82, 2.24) is 9.78 Å². The molecule has 4 nitrogen and oxygen atoms in total. The molecule has 0 atom stereocenters. The van der Waals surface area contributed by atoms with Crippen molar-refractivity contribution in [2.45, 2.75) is 32.4 Å². The highest BCUT2D eigenvalue weighted by molar-refractivity contribution is 5.43. The first kappa shape index (κ1) is 12.1. The highest BCUT2D eigenvalue weighted by Crippen LogP contribution is 2.35. The first-order chi connectivity index (χ1) is 9.02. The van der Waals surface area contributed by atoms with Gasteiger partial charge in [-0.05, 0) is 31.0 Å². The van der Waals surface area contributed by atoms with E-state index in [1.807, 2.05) is 19.3 Å². The van der Waals surface area contributed by atoms with Crippen LogP contribution in [0.3, 0.4) is 0 Å². The second-order valence-corrected chi connectivity index (χ2v) is 5.71. The summed E-state index contributed by atoms with van der Waals surface area (Å²) in [4.78, 5) is 0. The van der Waals surface area contributed by atoms with Crippen molar-refractivity contribution in [2.75, 3.05) is 5.32 Å². The summed E-state index contributed by atoms with van der Waals surface area (Å²) < 4.78 is 7.67. The zero-order valence-corrected chi connectivity index (χ0v) is 11.6. The maximum atomic E-state index is 5.88. The number of nitrogens with zero attached hydrogens (tertiary/aromatic N) is 2. The third kappa shape index (κ3) is 2.57. The molecule has 0 spiro atoms. The van der Waals surface area contributed by atoms with E-state index in [2.05, 4.69) is 42.5 Å². The van der Waals surface area contributed by atoms with Crippen molar-refractivity contribution in [2.24, 2.45) is 7.05 Å². The lowest BCUT2D eigenvalue weighted by Crippen LogP contribution is -2.24. The summed E-state index contributed by atoms with van der Waals surface area (Å²) in [5, 5.41) is 7.62. The van der Waals surface area contributed by atoms with Gasteiger partial charge in [0.05, 0.1) is 0 Å². The Kier molecular flexibility index (Phi) is 2.73. The molecule has 0 bridgehead atoms. The lowest BCUT2D eigenvalue weighted by molar-refractivity contribution is 0.138. The Morgan fingerprint density at radius 1 is 1.37 bits per heavy atom. The van der Waals surface area contributed by atoms with Crippen LogP contribution in [0.2, 0.25) is 0 Å². The molecule has 4 heteroatoms. The molecule has 1 N–H and O–H groups in total. The number of rotatable bonds is 3. The quantitative estimate of drug-likeness (QED) is 0.919. The molecule has 1 aliphatic rings. The standard InChI is InChI=1S/C15H19N3O/c1-15(2)9-12-8-11(4-5-13(12)19-15)10-16-14-6-7-18(3)17-14/h4-8H,9-10H2,1-3H3,(H,16,17). The van der Waals surface area contributed by atoms with E-state index in [9.17, 15) is 0 Å². The number of hydrogen-bond donors (Lipinski definition) is 1. The molecule has 0 fully saturated rings. The fraction of sp³-hybridized carbons (Fsp3) is 0.400. The molecule has 3 rings (SSSR count). The Bertz CT molecular complexity index is 601. The molecule has 100 valence electrons. The SMILES string of the molecule is Cn1ccc(NCc2ccc3c(c2)CC(C)(C)O3)n1. The van der Waals surface area contributed by atoms with Gasteiger partial charge in [-0.1, -0.05) is 12.1 Å². The highest BCUT2D eigenvalue weighted by Gasteiger charge is 2.29. The molecule has 0 aliphatic carbocycles. The molecule has 1 aromatic carbocycles. The van der Waals surface area contributed by atoms with Gasteiger partial charge in [0.15, 0.2) is 0 Å². The van der Waals surface area contributed by atoms with E-state index in [4.69, 9.17) is 4.74 Å². The number of ether oxygens (including phenoxy) is 1. The predicted octanol–water partition coefficient (Wildman–Crippen LogP) is 2.75. The lowest BCUT2D eigenvalue weighted by atomic mass is 10.0. The van der Waals surface area contributed by atoms with Gasteiger partial charge in [0.1, 0.15) is 17.2 Å². The molecule has 1 aromatic heterocycles. The van der Waals surface area contributed by atoms with E-state index in [0.717, 1.165) is 24.5 Å². The molecule has 2 heterocycles. The molecule has 2 aromatic rings. The monoisotopic (exact) mass is 257 g/mol. The third-order valence-corrected chi connectivity index (χ3v) is 3.31. The fourth-order valence-electron chi connectivity index (χ4n) is 2.47. The molecule has 0 amide bonds. The molecular formula is C15H19N3O. The first-order valence-corrected chi connectivity index (χ1v) is 6.56. The Morgan fingerprint density at radius 3 is 2.95 bits per heavy atom. The third-order valence-electron chi connectivity index (χ3n) is 3.31. The summed E-state index contributed by atoms with van der Waals surface area (Å²) >= 11 is 0. The van der Waals surface area contributed by atoms with E-state index in [-0.39, 0.29) is 5.60 Å². The van der Waals surface area contributed by atoms with Crippen LogP contribution < -0.4 is 10.1 Å². The van der Waals surface area contributed by atoms with E-state index in [1.54, 1.807) is 4.68 Å². The van der Waals surface area contributed by atoms with Crippen molar-refractivity contribution in [3.05, 3.63) is 41.6 Å². The van der Waals surface area contributed by atoms with Gasteiger partial charge >= 0.3 is 0 Å². The van der Waals surface area contributed by atoms with E-state index in [0.29, 0.717) is 0 Å². The molecular weight excluding hydrogens is 238 g/mol. The van der Waals surface area contributed by atoms with Gasteiger partial charge in [-0.3, -0.25) is 4.68 Å². The lowest BCUT2D eigenvalue weighted by Gasteiger charge is -2.16. The fourth-order valence-corrected chi connectivity index (χ4v) is 2.47. The Labute approximate surface area is 113 Å². The molecule has 1 aliphatic heterocycles. The highest BCUT2D eigenvalue weighted by atomic mass is 16.5. The minimum absolute atomic E-state index is 0.0740. The summed E-state index contributed by atoms with van der Waals surface area (Å²) in [6.07, 6.45) is 2.90. The predicted molar refractivity (Wildman–Crippen MR) is 75.4 cm³/mol. The van der Waals surface area contributed by atoms with E-state index >= 15 is 0 Å². The van der Waals surface area contributed by atoms with Gasteiger partial charge in [-0.2, -0.15) is 5.10 Å². The van der Waals surface area contributed by atoms with Crippen molar-refractivity contribution in [3.63, 3.8) is 0 Å². The smallest absolute Gasteiger partial charge is 0.148 e. The average Bonchev–Trinajstić information content (AvgIpc) is 2.87. The van der Waals surface area contributed by atoms with Crippen LogP contribution in [-0.4, -0.2) is 15.4 Å². The van der Waals surface area contributed by atoms with Gasteiger partial charge < -0.3 is 10.1 Å². The largest absolute Gasteiger partial charge is 0.487 e. The second kappa shape index (κ2) is 4.30. The van der Waals surface area contributed by atoms with Gasteiger partial charge in [0, 0.05) is 32.3 Å². The van der Waals surface area contributed by atoms with Crippen LogP contribution >= 0.6 is 0 Å². The molecule has 19 heavy (non-hydrogen) atoms. The minimum Gasteiger partial charge on any atom is -0.487 e. The van der Waals surface area contributed by atoms with Crippen LogP contribution in [0.1, 0.15) is 25.0 Å². The van der Waals surface area contributed by atoms with Crippen molar-refractivity contribution >= 4 is 5.82 Å². The zero-order chi connectivity index (χ0) is 13.5. The minimum atomic E-state index is -0.0740. The summed E-state index contributed by atoms with van der Waals surface area (Å²) in [6, 6.07) is 8.37. The van der Waals surface area contributed by atoms with Crippen molar-refractivity contribution in [1.29, 1.82) is 0 Å². The van der Waals surface area contributed by atoms with Crippen LogP contribution in [0.5, 0.6) is 5.75 Å². The Hall–Kier alpha value is -1.97. The van der Waals surface area contributed by atoms with Gasteiger partial charge in [0.25, 0.3) is 0 Å². The number of hydrogen-bond acceptors (Lipinski definition) is 3. The van der Waals surface area contributed by atoms with Crippen molar-refractivity contribution in [3.8, 4) is 5.75 Å². The average molecular weight is 257 g/mol. The van der Waals surface area contributed by atoms with Crippen LogP contribution in [0.25, 0.3) is 0 Å². The Balaban J connectivity index is 1.70. The molecule has 0 saturated carbocycles. The number of fused-ring (bicyclic) bond motifs is 1. The van der Waals surface area contributed by atoms with Gasteiger partial charge in [-0.25, -0.2) is 0 Å². The first-order valence-electron chi connectivity index (χ1n) is 6.56. The van der Waals surface area contributed by atoms with Crippen LogP contribution in [0.4, 0.5) is 5.82 Å². The van der Waals surface area contributed by atoms with Gasteiger partial charge in [0.2, 0.25) is 0 Å². The number of aryl methyl sites for hydroxylation is 1. The number of nitrogens with one attached hydrogen (secondary N) is 1. The summed E-state index contributed by atoms with van der Waals surface area (Å²) in [5.41, 5.74) is 2.48. The normalized spacial score (nSPS) is 15.9. The maximum Gasteiger partial charge on any atom is 0.148 e. The van der Waals surface area contributed by atoms with E-state index in [1.165, 1.54) is 11.1 Å². The Morgan fingerprint density at radius 2 is 2.21 bits per heavy atom. The molecule has 0 saturated heterocycles. The second-order valence-electron chi connectivity index (χ2n) is 5.71. The maximum absolute atomic E-state index is 5.88. The number of anilines is 1.